The molecular weight excluding hydrogens is 334 g/mol. The molecule has 0 bridgehead atoms. The van der Waals surface area contributed by atoms with E-state index in [0.717, 1.165) is 29.5 Å². The first-order valence-corrected chi connectivity index (χ1v) is 8.59. The number of aryl methyl sites for hydroxylation is 3. The Bertz CT molecular complexity index is 984. The fourth-order valence-electron chi connectivity index (χ4n) is 2.89. The molecule has 118 valence electrons. The van der Waals surface area contributed by atoms with Gasteiger partial charge in [-0.2, -0.15) is 5.10 Å². The predicted octanol–water partition coefficient (Wildman–Crippen LogP) is 2.73. The van der Waals surface area contributed by atoms with Gasteiger partial charge in [0, 0.05) is 18.0 Å². The molecule has 0 saturated heterocycles. The zero-order valence-electron chi connectivity index (χ0n) is 12.5. The number of nitrogens with zero attached hydrogens (tertiary/aromatic N) is 4. The second-order valence-electron chi connectivity index (χ2n) is 5.54. The fourth-order valence-corrected chi connectivity index (χ4v) is 4.34. The maximum absolute atomic E-state index is 12.5. The van der Waals surface area contributed by atoms with Gasteiger partial charge in [0.05, 0.1) is 10.4 Å². The monoisotopic (exact) mass is 347 g/mol. The van der Waals surface area contributed by atoms with Crippen LogP contribution in [0.1, 0.15) is 34.9 Å². The number of hydrogen-bond acceptors (Lipinski definition) is 5. The summed E-state index contributed by atoms with van der Waals surface area (Å²) in [6.07, 6.45) is 7.40. The zero-order valence-corrected chi connectivity index (χ0v) is 14.0. The van der Waals surface area contributed by atoms with Crippen molar-refractivity contribution < 1.29 is 0 Å². The van der Waals surface area contributed by atoms with E-state index in [1.165, 1.54) is 23.2 Å². The van der Waals surface area contributed by atoms with Crippen LogP contribution in [0.25, 0.3) is 21.3 Å². The van der Waals surface area contributed by atoms with Crippen LogP contribution in [0.4, 0.5) is 0 Å². The van der Waals surface area contributed by atoms with Gasteiger partial charge in [0.15, 0.2) is 11.6 Å². The van der Waals surface area contributed by atoms with Gasteiger partial charge in [-0.05, 0) is 31.2 Å². The molecule has 0 radical (unpaired) electrons. The van der Waals surface area contributed by atoms with Crippen LogP contribution >= 0.6 is 22.9 Å². The van der Waals surface area contributed by atoms with Gasteiger partial charge < -0.3 is 4.98 Å². The molecule has 0 saturated carbocycles. The van der Waals surface area contributed by atoms with Gasteiger partial charge >= 0.3 is 0 Å². The second kappa shape index (κ2) is 5.58. The summed E-state index contributed by atoms with van der Waals surface area (Å²) in [6.45, 7) is 0. The summed E-state index contributed by atoms with van der Waals surface area (Å²) in [5.41, 5.74) is 1.05. The van der Waals surface area contributed by atoms with Gasteiger partial charge in [-0.3, -0.25) is 4.79 Å². The van der Waals surface area contributed by atoms with E-state index >= 15 is 0 Å². The van der Waals surface area contributed by atoms with Crippen molar-refractivity contribution in [1.82, 2.24) is 24.7 Å². The smallest absolute Gasteiger partial charge is 0.260 e. The lowest BCUT2D eigenvalue weighted by atomic mass is 9.97. The third-order valence-corrected chi connectivity index (χ3v) is 5.53. The molecule has 1 N–H and O–H groups in total. The molecule has 4 rings (SSSR count). The largest absolute Gasteiger partial charge is 0.305 e. The minimum Gasteiger partial charge on any atom is -0.305 e. The topological polar surface area (TPSA) is 76.5 Å². The van der Waals surface area contributed by atoms with Crippen LogP contribution in [0.15, 0.2) is 11.1 Å². The Morgan fingerprint density at radius 3 is 3.04 bits per heavy atom. The second-order valence-corrected chi connectivity index (χ2v) is 7.03. The molecule has 3 aromatic rings. The molecular formula is C15H14ClN5OS. The molecule has 0 aliphatic heterocycles. The van der Waals surface area contributed by atoms with Crippen LogP contribution in [0, 0.1) is 0 Å². The van der Waals surface area contributed by atoms with Crippen molar-refractivity contribution in [2.45, 2.75) is 25.7 Å². The van der Waals surface area contributed by atoms with E-state index in [1.54, 1.807) is 29.1 Å². The lowest BCUT2D eigenvalue weighted by Gasteiger charge is -2.09. The Morgan fingerprint density at radius 1 is 1.43 bits per heavy atom. The van der Waals surface area contributed by atoms with Gasteiger partial charge in [-0.1, -0.05) is 11.6 Å². The number of hydrogen-bond donors (Lipinski definition) is 1. The molecule has 0 amide bonds. The van der Waals surface area contributed by atoms with E-state index in [9.17, 15) is 4.79 Å². The normalized spacial score (nSPS) is 15.1. The number of aromatic amines is 1. The summed E-state index contributed by atoms with van der Waals surface area (Å²) in [5, 5.41) is 5.06. The Balaban J connectivity index is 1.84. The van der Waals surface area contributed by atoms with E-state index in [4.69, 9.17) is 11.6 Å². The first-order chi connectivity index (χ1) is 11.1. The van der Waals surface area contributed by atoms with Crippen molar-refractivity contribution >= 4 is 44.3 Å². The minimum atomic E-state index is -0.117. The quantitative estimate of drug-likeness (QED) is 0.773. The molecule has 3 aromatic heterocycles. The minimum absolute atomic E-state index is 0.117. The number of thiophene rings is 1. The third-order valence-electron chi connectivity index (χ3n) is 4.05. The van der Waals surface area contributed by atoms with Crippen LogP contribution < -0.4 is 5.56 Å². The highest BCUT2D eigenvalue weighted by Gasteiger charge is 2.20. The molecule has 0 aromatic carbocycles. The van der Waals surface area contributed by atoms with Crippen LogP contribution in [0.3, 0.4) is 0 Å². The van der Waals surface area contributed by atoms with Crippen molar-refractivity contribution in [1.29, 1.82) is 0 Å². The first-order valence-electron chi connectivity index (χ1n) is 7.39. The molecule has 8 heteroatoms. The highest BCUT2D eigenvalue weighted by atomic mass is 35.5. The van der Waals surface area contributed by atoms with E-state index in [2.05, 4.69) is 20.1 Å². The van der Waals surface area contributed by atoms with E-state index < -0.39 is 0 Å². The summed E-state index contributed by atoms with van der Waals surface area (Å²) < 4.78 is 1.60. The van der Waals surface area contributed by atoms with Crippen LogP contribution in [-0.4, -0.2) is 24.7 Å². The summed E-state index contributed by atoms with van der Waals surface area (Å²) in [6, 6.07) is 0. The number of aromatic nitrogens is 5. The number of H-pyrrole nitrogens is 1. The third kappa shape index (κ3) is 2.49. The summed E-state index contributed by atoms with van der Waals surface area (Å²) in [4.78, 5) is 26.0. The van der Waals surface area contributed by atoms with Gasteiger partial charge in [0.1, 0.15) is 11.2 Å². The zero-order chi connectivity index (χ0) is 16.0. The van der Waals surface area contributed by atoms with E-state index in [1.807, 2.05) is 0 Å². The average Bonchev–Trinajstić information content (AvgIpc) is 3.10. The molecule has 6 nitrogen and oxygen atoms in total. The number of halogens is 1. The SMILES string of the molecule is Cn1ncnc1/C=C(\Cl)c1nc2sc3c(c2c(=O)[nH]1)CCCC3. The van der Waals surface area contributed by atoms with Gasteiger partial charge in [0.25, 0.3) is 5.56 Å². The van der Waals surface area contributed by atoms with Crippen LogP contribution in [0.2, 0.25) is 0 Å². The van der Waals surface area contributed by atoms with E-state index in [0.29, 0.717) is 16.7 Å². The maximum Gasteiger partial charge on any atom is 0.260 e. The predicted molar refractivity (Wildman–Crippen MR) is 91.6 cm³/mol. The van der Waals surface area contributed by atoms with Crippen molar-refractivity contribution in [3.05, 3.63) is 38.8 Å². The van der Waals surface area contributed by atoms with Crippen LogP contribution in [-0.2, 0) is 19.9 Å². The van der Waals surface area contributed by atoms with Gasteiger partial charge in [-0.25, -0.2) is 14.6 Å². The lowest BCUT2D eigenvalue weighted by Crippen LogP contribution is -2.12. The Hall–Kier alpha value is -1.99. The summed E-state index contributed by atoms with van der Waals surface area (Å²) in [7, 11) is 1.77. The van der Waals surface area contributed by atoms with Crippen molar-refractivity contribution in [3.8, 4) is 0 Å². The van der Waals surface area contributed by atoms with Crippen molar-refractivity contribution in [2.24, 2.45) is 7.05 Å². The summed E-state index contributed by atoms with van der Waals surface area (Å²) in [5.74, 6) is 0.967. The standard InChI is InChI=1S/C15H14ClN5OS/c1-21-11(17-7-18-21)6-9(16)13-19-14(22)12-8-4-2-3-5-10(8)23-15(12)20-13/h6-7H,2-5H2,1H3,(H,19,20,22)/b9-6-. The van der Waals surface area contributed by atoms with Gasteiger partial charge in [-0.15, -0.1) is 11.3 Å². The highest BCUT2D eigenvalue weighted by molar-refractivity contribution is 7.18. The van der Waals surface area contributed by atoms with Crippen LogP contribution in [0.5, 0.6) is 0 Å². The first kappa shape index (κ1) is 14.6. The Labute approximate surface area is 140 Å². The molecule has 0 unspecified atom stereocenters. The van der Waals surface area contributed by atoms with E-state index in [-0.39, 0.29) is 5.56 Å². The number of fused-ring (bicyclic) bond motifs is 3. The fraction of sp³-hybridized carbons (Fsp3) is 0.333. The molecule has 0 atom stereocenters. The Kier molecular flexibility index (Phi) is 3.54. The molecule has 23 heavy (non-hydrogen) atoms. The van der Waals surface area contributed by atoms with Crippen molar-refractivity contribution in [2.75, 3.05) is 0 Å². The Morgan fingerprint density at radius 2 is 2.26 bits per heavy atom. The molecule has 0 fully saturated rings. The molecule has 0 spiro atoms. The highest BCUT2D eigenvalue weighted by Crippen LogP contribution is 2.34. The number of rotatable bonds is 2. The summed E-state index contributed by atoms with van der Waals surface area (Å²) >= 11 is 7.93. The molecule has 3 heterocycles. The maximum atomic E-state index is 12.5. The number of nitrogens with one attached hydrogen (secondary N) is 1. The molecule has 1 aliphatic carbocycles. The molecule has 1 aliphatic rings. The van der Waals surface area contributed by atoms with Crippen molar-refractivity contribution in [3.63, 3.8) is 0 Å². The average molecular weight is 348 g/mol. The lowest BCUT2D eigenvalue weighted by molar-refractivity contribution is 0.700. The van der Waals surface area contributed by atoms with Gasteiger partial charge in [0.2, 0.25) is 0 Å².